The highest BCUT2D eigenvalue weighted by Crippen LogP contribution is 2.36. The molecule has 1 unspecified atom stereocenters. The number of aromatic amines is 1. The number of nitrogens with zero attached hydrogens (tertiary/aromatic N) is 2. The molecular weight excluding hydrogens is 226 g/mol. The van der Waals surface area contributed by atoms with Crippen LogP contribution in [0.2, 0.25) is 0 Å². The third-order valence-electron chi connectivity index (χ3n) is 4.35. The lowest BCUT2D eigenvalue weighted by molar-refractivity contribution is 0.494. The molecule has 0 aromatic carbocycles. The molecule has 3 heterocycles. The van der Waals surface area contributed by atoms with E-state index in [1.54, 1.807) is 6.33 Å². The highest BCUT2D eigenvalue weighted by Gasteiger charge is 2.37. The van der Waals surface area contributed by atoms with Gasteiger partial charge in [-0.2, -0.15) is 0 Å². The molecule has 2 fully saturated rings. The van der Waals surface area contributed by atoms with Crippen LogP contribution in [-0.2, 0) is 0 Å². The molecule has 18 heavy (non-hydrogen) atoms. The molecule has 0 bridgehead atoms. The summed E-state index contributed by atoms with van der Waals surface area (Å²) in [5.74, 6) is 2.68. The van der Waals surface area contributed by atoms with Crippen molar-refractivity contribution in [1.29, 1.82) is 0 Å². The van der Waals surface area contributed by atoms with Gasteiger partial charge in [-0.1, -0.05) is 0 Å². The van der Waals surface area contributed by atoms with E-state index in [2.05, 4.69) is 25.6 Å². The van der Waals surface area contributed by atoms with Gasteiger partial charge in [0.2, 0.25) is 0 Å². The molecule has 3 N–H and O–H groups in total. The van der Waals surface area contributed by atoms with E-state index in [0.717, 1.165) is 28.7 Å². The lowest BCUT2D eigenvalue weighted by Crippen LogP contribution is -2.21. The molecule has 5 nitrogen and oxygen atoms in total. The Balaban J connectivity index is 1.56. The Bertz CT molecular complexity index is 551. The van der Waals surface area contributed by atoms with Crippen LogP contribution >= 0.6 is 0 Å². The molecule has 2 aliphatic rings. The third-order valence-corrected chi connectivity index (χ3v) is 4.35. The van der Waals surface area contributed by atoms with Crippen LogP contribution < -0.4 is 10.6 Å². The minimum atomic E-state index is 0.565. The second-order valence-corrected chi connectivity index (χ2v) is 5.45. The van der Waals surface area contributed by atoms with Gasteiger partial charge in [-0.3, -0.25) is 0 Å². The Kier molecular flexibility index (Phi) is 2.26. The summed E-state index contributed by atoms with van der Waals surface area (Å²) >= 11 is 0. The fourth-order valence-electron chi connectivity index (χ4n) is 3.46. The first-order chi connectivity index (χ1) is 8.90. The quantitative estimate of drug-likeness (QED) is 0.745. The number of nitrogens with one attached hydrogen (secondary N) is 3. The van der Waals surface area contributed by atoms with Gasteiger partial charge in [-0.15, -0.1) is 0 Å². The maximum atomic E-state index is 4.38. The summed E-state index contributed by atoms with van der Waals surface area (Å²) in [6, 6.07) is 2.60. The third kappa shape index (κ3) is 1.58. The molecule has 1 aliphatic heterocycles. The van der Waals surface area contributed by atoms with Crippen molar-refractivity contribution in [2.75, 3.05) is 18.4 Å². The Morgan fingerprint density at radius 1 is 1.17 bits per heavy atom. The molecule has 3 atom stereocenters. The summed E-state index contributed by atoms with van der Waals surface area (Å²) < 4.78 is 0. The first kappa shape index (κ1) is 10.3. The summed E-state index contributed by atoms with van der Waals surface area (Å²) in [5.41, 5.74) is 0.910. The minimum Gasteiger partial charge on any atom is -0.367 e. The van der Waals surface area contributed by atoms with Crippen LogP contribution in [-0.4, -0.2) is 34.1 Å². The van der Waals surface area contributed by atoms with Crippen LogP contribution in [0.15, 0.2) is 18.6 Å². The van der Waals surface area contributed by atoms with E-state index in [4.69, 9.17) is 0 Å². The molecule has 1 aliphatic carbocycles. The van der Waals surface area contributed by atoms with Crippen LogP contribution in [0.3, 0.4) is 0 Å². The Hall–Kier alpha value is -1.62. The predicted molar refractivity (Wildman–Crippen MR) is 70.4 cm³/mol. The van der Waals surface area contributed by atoms with Gasteiger partial charge in [0.15, 0.2) is 0 Å². The van der Waals surface area contributed by atoms with E-state index in [1.165, 1.54) is 25.9 Å². The number of H-pyrrole nitrogens is 1. The summed E-state index contributed by atoms with van der Waals surface area (Å²) in [7, 11) is 0. The van der Waals surface area contributed by atoms with Crippen LogP contribution in [0.25, 0.3) is 11.0 Å². The van der Waals surface area contributed by atoms with Gasteiger partial charge in [-0.05, 0) is 43.8 Å². The predicted octanol–water partition coefficient (Wildman–Crippen LogP) is 1.37. The maximum absolute atomic E-state index is 4.38. The van der Waals surface area contributed by atoms with E-state index in [1.807, 2.05) is 12.3 Å². The molecule has 2 aromatic heterocycles. The Labute approximate surface area is 105 Å². The summed E-state index contributed by atoms with van der Waals surface area (Å²) in [4.78, 5) is 11.7. The van der Waals surface area contributed by atoms with Gasteiger partial charge in [-0.25, -0.2) is 9.97 Å². The van der Waals surface area contributed by atoms with Gasteiger partial charge in [0.25, 0.3) is 0 Å². The van der Waals surface area contributed by atoms with Crippen LogP contribution in [0.4, 0.5) is 5.82 Å². The topological polar surface area (TPSA) is 65.6 Å². The number of hydrogen-bond acceptors (Lipinski definition) is 4. The minimum absolute atomic E-state index is 0.565. The molecule has 1 saturated heterocycles. The average Bonchev–Trinajstić information content (AvgIpc) is 3.01. The Morgan fingerprint density at radius 2 is 2.00 bits per heavy atom. The second kappa shape index (κ2) is 3.95. The van der Waals surface area contributed by atoms with Gasteiger partial charge in [0.05, 0.1) is 5.39 Å². The smallest absolute Gasteiger partial charge is 0.142 e. The fraction of sp³-hybridized carbons (Fsp3) is 0.538. The number of fused-ring (bicyclic) bond motifs is 2. The largest absolute Gasteiger partial charge is 0.367 e. The number of anilines is 1. The van der Waals surface area contributed by atoms with Crippen molar-refractivity contribution in [2.45, 2.75) is 18.9 Å². The molecule has 0 spiro atoms. The van der Waals surface area contributed by atoms with Crippen molar-refractivity contribution in [3.63, 3.8) is 0 Å². The lowest BCUT2D eigenvalue weighted by Gasteiger charge is -2.14. The average molecular weight is 243 g/mol. The molecule has 4 rings (SSSR count). The van der Waals surface area contributed by atoms with Crippen molar-refractivity contribution in [1.82, 2.24) is 20.3 Å². The summed E-state index contributed by atoms with van der Waals surface area (Å²) in [5, 5.41) is 8.17. The van der Waals surface area contributed by atoms with Crippen LogP contribution in [0.1, 0.15) is 12.8 Å². The van der Waals surface area contributed by atoms with Crippen molar-refractivity contribution >= 4 is 16.9 Å². The van der Waals surface area contributed by atoms with Gasteiger partial charge in [0.1, 0.15) is 17.8 Å². The summed E-state index contributed by atoms with van der Waals surface area (Å²) in [6.07, 6.45) is 6.05. The normalized spacial score (nSPS) is 30.8. The molecule has 2 aromatic rings. The van der Waals surface area contributed by atoms with Crippen LogP contribution in [0, 0.1) is 11.8 Å². The number of hydrogen-bond donors (Lipinski definition) is 3. The molecule has 94 valence electrons. The highest BCUT2D eigenvalue weighted by atomic mass is 15.1. The molecule has 0 radical (unpaired) electrons. The van der Waals surface area contributed by atoms with E-state index in [-0.39, 0.29) is 0 Å². The SMILES string of the molecule is c1nc(NC2C[C@H]3CNC[C@H]3C2)c2cc[nH]c2n1. The van der Waals surface area contributed by atoms with E-state index in [9.17, 15) is 0 Å². The van der Waals surface area contributed by atoms with E-state index >= 15 is 0 Å². The first-order valence-corrected chi connectivity index (χ1v) is 6.65. The molecule has 0 amide bonds. The fourth-order valence-corrected chi connectivity index (χ4v) is 3.46. The molecule has 1 saturated carbocycles. The molecule has 5 heteroatoms. The van der Waals surface area contributed by atoms with Gasteiger partial charge < -0.3 is 15.6 Å². The van der Waals surface area contributed by atoms with Crippen molar-refractivity contribution in [3.8, 4) is 0 Å². The van der Waals surface area contributed by atoms with Crippen molar-refractivity contribution in [2.24, 2.45) is 11.8 Å². The second-order valence-electron chi connectivity index (χ2n) is 5.45. The number of aromatic nitrogens is 3. The maximum Gasteiger partial charge on any atom is 0.142 e. The van der Waals surface area contributed by atoms with Crippen LogP contribution in [0.5, 0.6) is 0 Å². The Morgan fingerprint density at radius 3 is 2.83 bits per heavy atom. The monoisotopic (exact) mass is 243 g/mol. The zero-order valence-corrected chi connectivity index (χ0v) is 10.2. The zero-order chi connectivity index (χ0) is 11.9. The van der Waals surface area contributed by atoms with Crippen molar-refractivity contribution in [3.05, 3.63) is 18.6 Å². The number of rotatable bonds is 2. The first-order valence-electron chi connectivity index (χ1n) is 6.65. The lowest BCUT2D eigenvalue weighted by atomic mass is 10.0. The molecular formula is C13H17N5. The van der Waals surface area contributed by atoms with Gasteiger partial charge >= 0.3 is 0 Å². The standard InChI is InChI=1S/C13H17N5/c1-2-15-12-11(1)13(17-7-16-12)18-10-3-8-5-14-6-9(8)4-10/h1-2,7-10,14H,3-6H2,(H2,15,16,17,18)/t8-,9+,10?. The van der Waals surface area contributed by atoms with E-state index < -0.39 is 0 Å². The van der Waals surface area contributed by atoms with Gasteiger partial charge in [0, 0.05) is 12.2 Å². The highest BCUT2D eigenvalue weighted by molar-refractivity contribution is 5.86. The zero-order valence-electron chi connectivity index (χ0n) is 10.2. The van der Waals surface area contributed by atoms with Crippen molar-refractivity contribution < 1.29 is 0 Å². The summed E-state index contributed by atoms with van der Waals surface area (Å²) in [6.45, 7) is 2.37. The van der Waals surface area contributed by atoms with E-state index in [0.29, 0.717) is 6.04 Å².